The Balaban J connectivity index is 2.40. The number of halogens is 3. The monoisotopic (exact) mass is 348 g/mol. The third-order valence-corrected chi connectivity index (χ3v) is 5.18. The first kappa shape index (κ1) is 13.1. The van der Waals surface area contributed by atoms with Crippen LogP contribution in [0.25, 0.3) is 0 Å². The van der Waals surface area contributed by atoms with Crippen molar-refractivity contribution in [3.05, 3.63) is 54.1 Å². The Labute approximate surface area is 121 Å². The van der Waals surface area contributed by atoms with E-state index in [-0.39, 0.29) is 5.78 Å². The van der Waals surface area contributed by atoms with Gasteiger partial charge in [-0.1, -0.05) is 35.3 Å². The molecule has 0 amide bonds. The molecule has 2 rings (SSSR count). The highest BCUT2D eigenvalue weighted by Gasteiger charge is 2.15. The molecule has 0 saturated carbocycles. The molecule has 1 aromatic carbocycles. The van der Waals surface area contributed by atoms with Crippen molar-refractivity contribution in [3.63, 3.8) is 0 Å². The van der Waals surface area contributed by atoms with Crippen molar-refractivity contribution in [2.45, 2.75) is 6.92 Å². The lowest BCUT2D eigenvalue weighted by Gasteiger charge is -2.01. The molecule has 88 valence electrons. The van der Waals surface area contributed by atoms with Gasteiger partial charge in [0.1, 0.15) is 0 Å². The van der Waals surface area contributed by atoms with E-state index in [1.165, 1.54) is 11.3 Å². The van der Waals surface area contributed by atoms with Crippen molar-refractivity contribution in [3.8, 4) is 0 Å². The maximum absolute atomic E-state index is 12.1. The van der Waals surface area contributed by atoms with Crippen LogP contribution >= 0.6 is 50.5 Å². The van der Waals surface area contributed by atoms with Crippen LogP contribution in [0.3, 0.4) is 0 Å². The van der Waals surface area contributed by atoms with Crippen LogP contribution in [0.4, 0.5) is 0 Å². The Bertz CT molecular complexity index is 573. The lowest BCUT2D eigenvalue weighted by molar-refractivity contribution is 0.104. The van der Waals surface area contributed by atoms with Gasteiger partial charge in [-0.25, -0.2) is 0 Å². The van der Waals surface area contributed by atoms with Crippen LogP contribution in [0, 0.1) is 6.92 Å². The topological polar surface area (TPSA) is 17.1 Å². The third kappa shape index (κ3) is 2.74. The van der Waals surface area contributed by atoms with Gasteiger partial charge < -0.3 is 0 Å². The molecule has 0 bridgehead atoms. The normalized spacial score (nSPS) is 10.6. The Kier molecular flexibility index (Phi) is 3.93. The first-order valence-electron chi connectivity index (χ1n) is 4.74. The van der Waals surface area contributed by atoms with Crippen LogP contribution in [0.15, 0.2) is 28.1 Å². The molecule has 0 saturated heterocycles. The average molecular weight is 350 g/mol. The van der Waals surface area contributed by atoms with Crippen molar-refractivity contribution in [1.82, 2.24) is 0 Å². The minimum atomic E-state index is -0.0653. The van der Waals surface area contributed by atoms with Crippen molar-refractivity contribution >= 4 is 56.3 Å². The van der Waals surface area contributed by atoms with Crippen LogP contribution in [-0.2, 0) is 0 Å². The van der Waals surface area contributed by atoms with Gasteiger partial charge in [-0.15, -0.1) is 11.3 Å². The smallest absolute Gasteiger partial charge is 0.203 e. The van der Waals surface area contributed by atoms with Crippen LogP contribution in [-0.4, -0.2) is 5.78 Å². The summed E-state index contributed by atoms with van der Waals surface area (Å²) in [7, 11) is 0. The fourth-order valence-electron chi connectivity index (χ4n) is 1.33. The van der Waals surface area contributed by atoms with E-state index in [1.807, 2.05) is 13.0 Å². The minimum Gasteiger partial charge on any atom is -0.288 e. The predicted octanol–water partition coefficient (Wildman–Crippen LogP) is 5.36. The van der Waals surface area contributed by atoms with Gasteiger partial charge in [0.2, 0.25) is 5.78 Å². The van der Waals surface area contributed by atoms with E-state index in [4.69, 9.17) is 23.2 Å². The molecule has 0 spiro atoms. The molecule has 1 nitrogen and oxygen atoms in total. The average Bonchev–Trinajstić information content (AvgIpc) is 2.62. The molecular formula is C12H7BrCl2OS. The zero-order valence-corrected chi connectivity index (χ0v) is 12.7. The number of ketones is 1. The molecule has 0 radical (unpaired) electrons. The fraction of sp³-hybridized carbons (Fsp3) is 0.0833. The molecule has 0 atom stereocenters. The van der Waals surface area contributed by atoms with Gasteiger partial charge in [0.25, 0.3) is 0 Å². The summed E-state index contributed by atoms with van der Waals surface area (Å²) in [5.74, 6) is -0.0653. The Hall–Kier alpha value is -0.350. The summed E-state index contributed by atoms with van der Waals surface area (Å²) in [4.78, 5) is 12.7. The molecule has 0 fully saturated rings. The van der Waals surface area contributed by atoms with Gasteiger partial charge in [0.15, 0.2) is 0 Å². The zero-order valence-electron chi connectivity index (χ0n) is 8.76. The van der Waals surface area contributed by atoms with Gasteiger partial charge in [-0.3, -0.25) is 4.79 Å². The highest BCUT2D eigenvalue weighted by atomic mass is 79.9. The summed E-state index contributed by atoms with van der Waals surface area (Å²) in [6, 6.07) is 6.94. The van der Waals surface area contributed by atoms with Crippen LogP contribution in [0.5, 0.6) is 0 Å². The number of hydrogen-bond donors (Lipinski definition) is 0. The highest BCUT2D eigenvalue weighted by Crippen LogP contribution is 2.33. The Morgan fingerprint density at radius 1 is 1.24 bits per heavy atom. The fourth-order valence-corrected chi connectivity index (χ4v) is 3.18. The summed E-state index contributed by atoms with van der Waals surface area (Å²) in [6.07, 6.45) is 0. The number of benzene rings is 1. The number of thiophene rings is 1. The van der Waals surface area contributed by atoms with Crippen LogP contribution < -0.4 is 0 Å². The molecule has 1 heterocycles. The minimum absolute atomic E-state index is 0.0653. The SMILES string of the molecule is Cc1ccc(C(=O)c2cc(Cl)c(Br)s2)cc1Cl. The van der Waals surface area contributed by atoms with Crippen molar-refractivity contribution in [2.75, 3.05) is 0 Å². The molecule has 0 aliphatic carbocycles. The summed E-state index contributed by atoms with van der Waals surface area (Å²) in [5.41, 5.74) is 1.53. The zero-order chi connectivity index (χ0) is 12.6. The lowest BCUT2D eigenvalue weighted by Crippen LogP contribution is -1.98. The van der Waals surface area contributed by atoms with Gasteiger partial charge in [0.05, 0.1) is 13.7 Å². The summed E-state index contributed by atoms with van der Waals surface area (Å²) < 4.78 is 0.765. The lowest BCUT2D eigenvalue weighted by atomic mass is 10.1. The van der Waals surface area contributed by atoms with Crippen molar-refractivity contribution in [2.24, 2.45) is 0 Å². The van der Waals surface area contributed by atoms with E-state index < -0.39 is 0 Å². The summed E-state index contributed by atoms with van der Waals surface area (Å²) >= 11 is 16.5. The van der Waals surface area contributed by atoms with E-state index in [0.29, 0.717) is 20.5 Å². The molecule has 2 aromatic rings. The highest BCUT2D eigenvalue weighted by molar-refractivity contribution is 9.11. The molecule has 5 heteroatoms. The molecule has 17 heavy (non-hydrogen) atoms. The number of rotatable bonds is 2. The molecule has 0 N–H and O–H groups in total. The quantitative estimate of drug-likeness (QED) is 0.667. The van der Waals surface area contributed by atoms with E-state index in [9.17, 15) is 4.79 Å². The van der Waals surface area contributed by atoms with E-state index in [0.717, 1.165) is 9.35 Å². The Morgan fingerprint density at radius 3 is 2.47 bits per heavy atom. The molecule has 0 unspecified atom stereocenters. The van der Waals surface area contributed by atoms with Crippen LogP contribution in [0.1, 0.15) is 20.8 Å². The van der Waals surface area contributed by atoms with Crippen LogP contribution in [0.2, 0.25) is 10.0 Å². The van der Waals surface area contributed by atoms with E-state index >= 15 is 0 Å². The standard InChI is InChI=1S/C12H7BrCl2OS/c1-6-2-3-7(4-8(6)14)11(16)10-5-9(15)12(13)17-10/h2-5H,1H3. The maximum atomic E-state index is 12.1. The first-order chi connectivity index (χ1) is 7.99. The number of carbonyl (C=O) groups excluding carboxylic acids is 1. The number of aryl methyl sites for hydroxylation is 1. The van der Waals surface area contributed by atoms with E-state index in [1.54, 1.807) is 18.2 Å². The van der Waals surface area contributed by atoms with Crippen molar-refractivity contribution < 1.29 is 4.79 Å². The second-order valence-electron chi connectivity index (χ2n) is 3.53. The van der Waals surface area contributed by atoms with Gasteiger partial charge in [0, 0.05) is 10.6 Å². The largest absolute Gasteiger partial charge is 0.288 e. The Morgan fingerprint density at radius 2 is 1.94 bits per heavy atom. The summed E-state index contributed by atoms with van der Waals surface area (Å²) in [6.45, 7) is 1.90. The molecular weight excluding hydrogens is 343 g/mol. The van der Waals surface area contributed by atoms with Gasteiger partial charge in [-0.2, -0.15) is 0 Å². The van der Waals surface area contributed by atoms with E-state index in [2.05, 4.69) is 15.9 Å². The first-order valence-corrected chi connectivity index (χ1v) is 7.11. The molecule has 1 aromatic heterocycles. The molecule has 0 aliphatic rings. The second kappa shape index (κ2) is 5.11. The maximum Gasteiger partial charge on any atom is 0.203 e. The summed E-state index contributed by atoms with van der Waals surface area (Å²) in [5, 5.41) is 1.15. The van der Waals surface area contributed by atoms with Gasteiger partial charge >= 0.3 is 0 Å². The molecule has 0 aliphatic heterocycles. The van der Waals surface area contributed by atoms with Gasteiger partial charge in [-0.05, 0) is 40.5 Å². The third-order valence-electron chi connectivity index (χ3n) is 2.30. The second-order valence-corrected chi connectivity index (χ2v) is 6.71. The number of carbonyl (C=O) groups is 1. The predicted molar refractivity (Wildman–Crippen MR) is 76.7 cm³/mol. The number of hydrogen-bond acceptors (Lipinski definition) is 2. The van der Waals surface area contributed by atoms with Crippen molar-refractivity contribution in [1.29, 1.82) is 0 Å².